The second kappa shape index (κ2) is 5.63. The number of unbranched alkanes of at least 4 members (excludes halogenated alkanes) is 1. The van der Waals surface area contributed by atoms with E-state index < -0.39 is 9.84 Å². The molecule has 6 nitrogen and oxygen atoms in total. The fraction of sp³-hybridized carbons (Fsp3) is 0.571. The molecule has 0 bridgehead atoms. The lowest BCUT2D eigenvalue weighted by Crippen LogP contribution is -2.07. The van der Waals surface area contributed by atoms with Gasteiger partial charge in [0.15, 0.2) is 5.82 Å². The van der Waals surface area contributed by atoms with Gasteiger partial charge in [-0.15, -0.1) is 0 Å². The molecule has 0 atom stereocenters. The maximum Gasteiger partial charge on any atom is 0.151 e. The van der Waals surface area contributed by atoms with E-state index in [0.717, 1.165) is 41.1 Å². The summed E-state index contributed by atoms with van der Waals surface area (Å²) >= 11 is 0. The highest BCUT2D eigenvalue weighted by Gasteiger charge is 2.15. The van der Waals surface area contributed by atoms with Gasteiger partial charge in [-0.1, -0.05) is 0 Å². The van der Waals surface area contributed by atoms with Crippen molar-refractivity contribution in [2.45, 2.75) is 40.2 Å². The molecule has 21 heavy (non-hydrogen) atoms. The second-order valence-corrected chi connectivity index (χ2v) is 7.81. The third kappa shape index (κ3) is 3.34. The Morgan fingerprint density at radius 2 is 1.81 bits per heavy atom. The number of sulfone groups is 1. The van der Waals surface area contributed by atoms with Gasteiger partial charge in [-0.05, 0) is 39.2 Å². The summed E-state index contributed by atoms with van der Waals surface area (Å²) < 4.78 is 24.5. The standard InChI is InChI=1S/C14H22N4O2S/c1-9-10(2)16-14(15)12-13(9)18(11(3)17-12)7-5-6-8-21(4,19)20/h5-8H2,1-4H3,(H2,15,16). The quantitative estimate of drug-likeness (QED) is 0.850. The Hall–Kier alpha value is -1.63. The zero-order valence-corrected chi connectivity index (χ0v) is 13.8. The van der Waals surface area contributed by atoms with Crippen molar-refractivity contribution >= 4 is 26.7 Å². The highest BCUT2D eigenvalue weighted by molar-refractivity contribution is 7.90. The van der Waals surface area contributed by atoms with Crippen LogP contribution in [-0.4, -0.2) is 35.0 Å². The van der Waals surface area contributed by atoms with Gasteiger partial charge < -0.3 is 10.3 Å². The molecule has 2 rings (SSSR count). The van der Waals surface area contributed by atoms with Crippen molar-refractivity contribution in [1.82, 2.24) is 14.5 Å². The average molecular weight is 310 g/mol. The first kappa shape index (κ1) is 15.8. The van der Waals surface area contributed by atoms with Crippen molar-refractivity contribution in [1.29, 1.82) is 0 Å². The molecule has 2 heterocycles. The van der Waals surface area contributed by atoms with Gasteiger partial charge in [0.05, 0.1) is 5.52 Å². The summed E-state index contributed by atoms with van der Waals surface area (Å²) in [5.74, 6) is 1.55. The van der Waals surface area contributed by atoms with Crippen molar-refractivity contribution in [2.24, 2.45) is 0 Å². The van der Waals surface area contributed by atoms with Gasteiger partial charge >= 0.3 is 0 Å². The zero-order chi connectivity index (χ0) is 15.8. The number of hydrogen-bond donors (Lipinski definition) is 1. The van der Waals surface area contributed by atoms with Crippen molar-refractivity contribution < 1.29 is 8.42 Å². The summed E-state index contributed by atoms with van der Waals surface area (Å²) in [4.78, 5) is 8.81. The molecule has 0 aliphatic carbocycles. The van der Waals surface area contributed by atoms with Gasteiger partial charge in [0.25, 0.3) is 0 Å². The highest BCUT2D eigenvalue weighted by Crippen LogP contribution is 2.26. The molecule has 0 amide bonds. The van der Waals surface area contributed by atoms with Crippen LogP contribution >= 0.6 is 0 Å². The fourth-order valence-electron chi connectivity index (χ4n) is 2.52. The summed E-state index contributed by atoms with van der Waals surface area (Å²) in [6.07, 6.45) is 2.71. The topological polar surface area (TPSA) is 90.9 Å². The molecular formula is C14H22N4O2S. The lowest BCUT2D eigenvalue weighted by molar-refractivity contribution is 0.588. The minimum Gasteiger partial charge on any atom is -0.382 e. The van der Waals surface area contributed by atoms with Crippen LogP contribution in [0.3, 0.4) is 0 Å². The predicted molar refractivity (Wildman–Crippen MR) is 85.1 cm³/mol. The SMILES string of the molecule is Cc1nc(N)c2nc(C)n(CCCCS(C)(=O)=O)c2c1C. The van der Waals surface area contributed by atoms with Crippen LogP contribution in [0.2, 0.25) is 0 Å². The van der Waals surface area contributed by atoms with E-state index in [9.17, 15) is 8.42 Å². The van der Waals surface area contributed by atoms with Crippen LogP contribution in [0, 0.1) is 20.8 Å². The molecule has 7 heteroatoms. The summed E-state index contributed by atoms with van der Waals surface area (Å²) in [5.41, 5.74) is 9.67. The van der Waals surface area contributed by atoms with Gasteiger partial charge in [-0.3, -0.25) is 0 Å². The van der Waals surface area contributed by atoms with E-state index in [0.29, 0.717) is 12.2 Å². The molecule has 0 saturated heterocycles. The number of aromatic nitrogens is 3. The molecule has 0 unspecified atom stereocenters. The smallest absolute Gasteiger partial charge is 0.151 e. The van der Waals surface area contributed by atoms with Crippen molar-refractivity contribution in [3.63, 3.8) is 0 Å². The van der Waals surface area contributed by atoms with Crippen molar-refractivity contribution in [3.05, 3.63) is 17.1 Å². The van der Waals surface area contributed by atoms with Gasteiger partial charge in [-0.25, -0.2) is 18.4 Å². The summed E-state index contributed by atoms with van der Waals surface area (Å²) in [6.45, 7) is 6.62. The summed E-state index contributed by atoms with van der Waals surface area (Å²) in [7, 11) is -2.89. The Kier molecular flexibility index (Phi) is 4.22. The summed E-state index contributed by atoms with van der Waals surface area (Å²) in [6, 6.07) is 0. The molecule has 0 spiro atoms. The van der Waals surface area contributed by atoms with E-state index >= 15 is 0 Å². The molecule has 0 radical (unpaired) electrons. The van der Waals surface area contributed by atoms with Crippen molar-refractivity contribution in [3.8, 4) is 0 Å². The summed E-state index contributed by atoms with van der Waals surface area (Å²) in [5, 5.41) is 0. The Bertz CT molecular complexity index is 778. The van der Waals surface area contributed by atoms with Gasteiger partial charge in [0.2, 0.25) is 0 Å². The maximum atomic E-state index is 11.2. The Labute approximate surface area is 125 Å². The van der Waals surface area contributed by atoms with Crippen LogP contribution in [0.15, 0.2) is 0 Å². The fourth-order valence-corrected chi connectivity index (χ4v) is 3.25. The number of hydrogen-bond acceptors (Lipinski definition) is 5. The largest absolute Gasteiger partial charge is 0.382 e. The van der Waals surface area contributed by atoms with E-state index in [1.54, 1.807) is 0 Å². The second-order valence-electron chi connectivity index (χ2n) is 5.55. The first-order valence-electron chi connectivity index (χ1n) is 6.98. The minimum absolute atomic E-state index is 0.223. The Morgan fingerprint density at radius 3 is 2.43 bits per heavy atom. The van der Waals surface area contributed by atoms with E-state index in [1.165, 1.54) is 6.26 Å². The lowest BCUT2D eigenvalue weighted by Gasteiger charge is -2.10. The predicted octanol–water partition coefficient (Wildman–Crippen LogP) is 1.76. The van der Waals surface area contributed by atoms with E-state index in [4.69, 9.17) is 5.73 Å². The number of nitrogens with zero attached hydrogens (tertiary/aromatic N) is 3. The molecule has 0 aliphatic rings. The zero-order valence-electron chi connectivity index (χ0n) is 13.0. The first-order valence-corrected chi connectivity index (χ1v) is 9.04. The molecule has 0 aromatic carbocycles. The number of aryl methyl sites for hydroxylation is 4. The van der Waals surface area contributed by atoms with Crippen molar-refractivity contribution in [2.75, 3.05) is 17.7 Å². The monoisotopic (exact) mass is 310 g/mol. The van der Waals surface area contributed by atoms with Gasteiger partial charge in [-0.2, -0.15) is 0 Å². The number of nitrogens with two attached hydrogens (primary N) is 1. The van der Waals surface area contributed by atoms with E-state index in [1.807, 2.05) is 20.8 Å². The third-order valence-electron chi connectivity index (χ3n) is 3.73. The van der Waals surface area contributed by atoms with Gasteiger partial charge in [0.1, 0.15) is 21.2 Å². The van der Waals surface area contributed by atoms with Crippen LogP contribution in [0.1, 0.15) is 29.9 Å². The number of pyridine rings is 1. The van der Waals surface area contributed by atoms with Crippen LogP contribution in [0.5, 0.6) is 0 Å². The number of fused-ring (bicyclic) bond motifs is 1. The average Bonchev–Trinajstić information content (AvgIpc) is 2.69. The van der Waals surface area contributed by atoms with Crippen LogP contribution in [0.4, 0.5) is 5.82 Å². The molecule has 0 saturated carbocycles. The number of nitrogen functional groups attached to an aromatic ring is 1. The maximum absolute atomic E-state index is 11.2. The molecular weight excluding hydrogens is 288 g/mol. The molecule has 2 aromatic heterocycles. The Balaban J connectivity index is 2.30. The molecule has 0 aliphatic heterocycles. The number of rotatable bonds is 5. The number of anilines is 1. The van der Waals surface area contributed by atoms with Gasteiger partial charge in [0, 0.05) is 24.2 Å². The molecule has 2 N–H and O–H groups in total. The lowest BCUT2D eigenvalue weighted by atomic mass is 10.2. The first-order chi connectivity index (χ1) is 9.70. The minimum atomic E-state index is -2.89. The molecule has 0 fully saturated rings. The molecule has 116 valence electrons. The van der Waals surface area contributed by atoms with E-state index in [-0.39, 0.29) is 5.75 Å². The van der Waals surface area contributed by atoms with Crippen LogP contribution < -0.4 is 5.73 Å². The van der Waals surface area contributed by atoms with Crippen LogP contribution in [0.25, 0.3) is 11.0 Å². The number of imidazole rings is 1. The van der Waals surface area contributed by atoms with E-state index in [2.05, 4.69) is 14.5 Å². The highest BCUT2D eigenvalue weighted by atomic mass is 32.2. The normalized spacial score (nSPS) is 12.2. The Morgan fingerprint density at radius 1 is 1.14 bits per heavy atom. The molecule has 2 aromatic rings. The third-order valence-corrected chi connectivity index (χ3v) is 4.76. The van der Waals surface area contributed by atoms with Crippen LogP contribution in [-0.2, 0) is 16.4 Å².